The first-order valence-corrected chi connectivity index (χ1v) is 4.00. The number of rotatable bonds is 5. The van der Waals surface area contributed by atoms with Crippen LogP contribution in [0.25, 0.3) is 0 Å². The lowest BCUT2D eigenvalue weighted by molar-refractivity contribution is -0.609. The second-order valence-corrected chi connectivity index (χ2v) is 2.82. The van der Waals surface area contributed by atoms with Crippen LogP contribution in [0.3, 0.4) is 0 Å². The van der Waals surface area contributed by atoms with Gasteiger partial charge in [0.1, 0.15) is 0 Å². The molecule has 0 spiro atoms. The monoisotopic (exact) mass is 348 g/mol. The van der Waals surface area contributed by atoms with Crippen LogP contribution in [0.1, 0.15) is 0 Å². The molecule has 0 N–H and O–H groups in total. The molecular weight excluding hydrogens is 348 g/mol. The molecule has 0 bridgehead atoms. The molecule has 0 saturated heterocycles. The molecule has 0 rings (SSSR count). The van der Waals surface area contributed by atoms with Crippen LogP contribution in [0.2, 0.25) is 0 Å². The molecule has 0 amide bonds. The van der Waals surface area contributed by atoms with Crippen molar-refractivity contribution in [2.45, 2.75) is 24.9 Å². The highest BCUT2D eigenvalue weighted by molar-refractivity contribution is 5.10. The van der Waals surface area contributed by atoms with Gasteiger partial charge in [-0.05, 0) is 0 Å². The molecule has 0 aromatic rings. The van der Waals surface area contributed by atoms with Crippen molar-refractivity contribution in [3.8, 4) is 0 Å². The minimum Gasteiger partial charge on any atom is -0.222 e. The van der Waals surface area contributed by atoms with E-state index in [2.05, 4.69) is 0 Å². The molecule has 126 valence electrons. The smallest absolute Gasteiger partial charge is 0.222 e. The van der Waals surface area contributed by atoms with E-state index in [9.17, 15) is 52.7 Å². The fourth-order valence-electron chi connectivity index (χ4n) is 0.559. The molecule has 0 unspecified atom stereocenters. The lowest BCUT2D eigenvalue weighted by Crippen LogP contribution is -2.38. The van der Waals surface area contributed by atoms with Crippen molar-refractivity contribution in [3.05, 3.63) is 11.7 Å². The molecule has 0 radical (unpaired) electrons. The zero-order chi connectivity index (χ0) is 17.3. The minimum atomic E-state index is -6.32. The maximum atomic E-state index is 12.4. The van der Waals surface area contributed by atoms with Gasteiger partial charge >= 0.3 is 24.9 Å². The molecule has 0 fully saturated rings. The summed E-state index contributed by atoms with van der Waals surface area (Å²) < 4.78 is 144. The third-order valence-electron chi connectivity index (χ3n) is 1.18. The molecule has 0 saturated carbocycles. The Morgan fingerprint density at radius 2 is 1.05 bits per heavy atom. The van der Waals surface area contributed by atoms with E-state index in [-0.39, 0.29) is 0 Å². The van der Waals surface area contributed by atoms with Gasteiger partial charge in [0, 0.05) is 0 Å². The highest BCUT2D eigenvalue weighted by atomic mass is 19.4. The Balaban J connectivity index is 5.11. The number of alkyl halides is 10. The predicted octanol–water partition coefficient (Wildman–Crippen LogP) is 4.33. The van der Waals surface area contributed by atoms with Crippen LogP contribution in [0.15, 0.2) is 11.7 Å². The van der Waals surface area contributed by atoms with Gasteiger partial charge in [0.05, 0.1) is 0 Å². The van der Waals surface area contributed by atoms with Crippen molar-refractivity contribution in [2.24, 2.45) is 0 Å². The maximum Gasteiger partial charge on any atom is 0.549 e. The van der Waals surface area contributed by atoms with Crippen LogP contribution in [0, 0.1) is 0 Å². The summed E-state index contributed by atoms with van der Waals surface area (Å²) in [7, 11) is 0. The lowest BCUT2D eigenvalue weighted by atomic mass is 10.4. The van der Waals surface area contributed by atoms with E-state index in [1.54, 1.807) is 0 Å². The van der Waals surface area contributed by atoms with E-state index in [1.165, 1.54) is 0 Å². The lowest BCUT2D eigenvalue weighted by Gasteiger charge is -2.21. The topological polar surface area (TPSA) is 27.7 Å². The Labute approximate surface area is 105 Å². The van der Waals surface area contributed by atoms with Gasteiger partial charge in [0.25, 0.3) is 0 Å². The fourth-order valence-corrected chi connectivity index (χ4v) is 0.559. The average Bonchev–Trinajstić information content (AvgIpc) is 2.21. The van der Waals surface area contributed by atoms with Crippen molar-refractivity contribution >= 4 is 0 Å². The fraction of sp³-hybridized carbons (Fsp3) is 0.667. The quantitative estimate of drug-likeness (QED) is 0.320. The zero-order valence-corrected chi connectivity index (χ0v) is 8.76. The molecule has 21 heavy (non-hydrogen) atoms. The number of hydrogen-bond donors (Lipinski definition) is 0. The summed E-state index contributed by atoms with van der Waals surface area (Å²) >= 11 is 0. The SMILES string of the molecule is F/C(=C(\F)C(F)(F)OC(F)(F)OOC(F)(F)F)C(F)(F)F. The van der Waals surface area contributed by atoms with Gasteiger partial charge in [0.2, 0.25) is 11.7 Å². The van der Waals surface area contributed by atoms with Gasteiger partial charge in [0.15, 0.2) is 0 Å². The van der Waals surface area contributed by atoms with Gasteiger partial charge in [-0.1, -0.05) is 0 Å². The Morgan fingerprint density at radius 3 is 1.38 bits per heavy atom. The summed E-state index contributed by atoms with van der Waals surface area (Å²) in [4.78, 5) is 3.88. The first kappa shape index (κ1) is 19.8. The summed E-state index contributed by atoms with van der Waals surface area (Å²) in [6.45, 7) is 0. The van der Waals surface area contributed by atoms with Crippen LogP contribution < -0.4 is 0 Å². The summed E-state index contributed by atoms with van der Waals surface area (Å²) in [5.74, 6) is -8.30. The molecule has 3 nitrogen and oxygen atoms in total. The zero-order valence-electron chi connectivity index (χ0n) is 8.76. The summed E-state index contributed by atoms with van der Waals surface area (Å²) in [5.41, 5.74) is 0. The highest BCUT2D eigenvalue weighted by Gasteiger charge is 2.55. The van der Waals surface area contributed by atoms with E-state index in [0.717, 1.165) is 0 Å². The molecule has 0 aromatic heterocycles. The number of ether oxygens (including phenoxy) is 1. The van der Waals surface area contributed by atoms with Crippen molar-refractivity contribution in [2.75, 3.05) is 0 Å². The summed E-state index contributed by atoms with van der Waals surface area (Å²) in [6.07, 6.45) is -24.6. The second kappa shape index (κ2) is 5.88. The number of allylic oxidation sites excluding steroid dienone is 1. The van der Waals surface area contributed by atoms with E-state index in [1.807, 2.05) is 14.5 Å². The number of halogens is 12. The average molecular weight is 348 g/mol. The van der Waals surface area contributed by atoms with Crippen molar-refractivity contribution in [1.29, 1.82) is 0 Å². The van der Waals surface area contributed by atoms with Gasteiger partial charge in [-0.25, -0.2) is 4.74 Å². The van der Waals surface area contributed by atoms with Crippen LogP contribution in [0.4, 0.5) is 52.7 Å². The first-order chi connectivity index (χ1) is 8.98. The molecule has 0 atom stereocenters. The van der Waals surface area contributed by atoms with E-state index >= 15 is 0 Å². The molecular formula is C6F12O3. The van der Waals surface area contributed by atoms with Crippen LogP contribution >= 0.6 is 0 Å². The van der Waals surface area contributed by atoms with E-state index in [4.69, 9.17) is 0 Å². The Morgan fingerprint density at radius 1 is 0.619 bits per heavy atom. The van der Waals surface area contributed by atoms with Crippen LogP contribution in [-0.2, 0) is 14.5 Å². The van der Waals surface area contributed by atoms with Gasteiger partial charge in [-0.15, -0.1) is 31.7 Å². The molecule has 0 aliphatic rings. The summed E-state index contributed by atoms with van der Waals surface area (Å²) in [6, 6.07) is 0. The highest BCUT2D eigenvalue weighted by Crippen LogP contribution is 2.40. The van der Waals surface area contributed by atoms with Crippen LogP contribution in [0.5, 0.6) is 0 Å². The Kier molecular flexibility index (Phi) is 5.54. The predicted molar refractivity (Wildman–Crippen MR) is 34.5 cm³/mol. The summed E-state index contributed by atoms with van der Waals surface area (Å²) in [5, 5.41) is 0. The van der Waals surface area contributed by atoms with E-state index in [0.29, 0.717) is 0 Å². The first-order valence-electron chi connectivity index (χ1n) is 4.00. The minimum absolute atomic E-state index is 1.88. The Hall–Kier alpha value is -1.22. The van der Waals surface area contributed by atoms with Crippen molar-refractivity contribution in [3.63, 3.8) is 0 Å². The van der Waals surface area contributed by atoms with Crippen molar-refractivity contribution < 1.29 is 67.2 Å². The Bertz CT molecular complexity index is 393. The third kappa shape index (κ3) is 6.85. The largest absolute Gasteiger partial charge is 0.549 e. The standard InChI is InChI=1S/C6F12O3/c7-1(3(9,10)11)2(8)4(12,13)19-6(17,18)21-20-5(14,15)16/b2-1-. The second-order valence-electron chi connectivity index (χ2n) is 2.82. The molecule has 0 aromatic carbocycles. The van der Waals surface area contributed by atoms with Crippen LogP contribution in [-0.4, -0.2) is 24.9 Å². The number of hydrogen-bond acceptors (Lipinski definition) is 3. The molecule has 0 heterocycles. The van der Waals surface area contributed by atoms with Gasteiger partial charge in [-0.3, -0.25) is 0 Å². The third-order valence-corrected chi connectivity index (χ3v) is 1.18. The van der Waals surface area contributed by atoms with Gasteiger partial charge in [-0.2, -0.15) is 30.7 Å². The van der Waals surface area contributed by atoms with E-state index < -0.39 is 36.6 Å². The normalized spacial score (nSPS) is 16.0. The molecule has 15 heteroatoms. The van der Waals surface area contributed by atoms with Crippen molar-refractivity contribution in [1.82, 2.24) is 0 Å². The molecule has 0 aliphatic heterocycles. The van der Waals surface area contributed by atoms with Gasteiger partial charge < -0.3 is 0 Å². The molecule has 0 aliphatic carbocycles. The maximum absolute atomic E-state index is 12.4.